The van der Waals surface area contributed by atoms with Gasteiger partial charge in [-0.3, -0.25) is 14.9 Å². The molecule has 0 saturated carbocycles. The fourth-order valence-corrected chi connectivity index (χ4v) is 4.92. The van der Waals surface area contributed by atoms with E-state index in [4.69, 9.17) is 0 Å². The summed E-state index contributed by atoms with van der Waals surface area (Å²) in [6.45, 7) is 4.22. The molecule has 0 amide bonds. The number of nitro benzene ring substituents is 1. The van der Waals surface area contributed by atoms with E-state index in [1.54, 1.807) is 12.1 Å². The fourth-order valence-electron chi connectivity index (χ4n) is 4.92. The third kappa shape index (κ3) is 2.89. The molecule has 0 radical (unpaired) electrons. The number of hydrogen-bond donors (Lipinski definition) is 1. The molecule has 150 valence electrons. The topological polar surface area (TPSA) is 72.2 Å². The molecule has 1 N–H and O–H groups in total. The third-order valence-corrected chi connectivity index (χ3v) is 6.15. The maximum Gasteiger partial charge on any atom is 0.269 e. The Morgan fingerprint density at radius 2 is 1.83 bits per heavy atom. The number of non-ortho nitro benzene ring substituents is 1. The number of rotatable bonds is 2. The summed E-state index contributed by atoms with van der Waals surface area (Å²) in [5.74, 6) is 0.149. The van der Waals surface area contributed by atoms with E-state index in [1.807, 2.05) is 24.3 Å². The fraction of sp³-hybridized carbons (Fsp3) is 0.240. The van der Waals surface area contributed by atoms with E-state index in [0.717, 1.165) is 45.2 Å². The molecule has 3 aromatic rings. The minimum Gasteiger partial charge on any atom is -0.374 e. The van der Waals surface area contributed by atoms with Crippen LogP contribution in [0.25, 0.3) is 16.3 Å². The SMILES string of the molecule is CC1(C)CC(=O)C2=C(C1)C(c1cccc([N+](=O)[O-])c1)Nc1ccc3ccccc3c12. The Hall–Kier alpha value is -3.47. The second-order valence-electron chi connectivity index (χ2n) is 8.98. The van der Waals surface area contributed by atoms with Crippen LogP contribution < -0.4 is 5.32 Å². The average molecular weight is 398 g/mol. The Bertz CT molecular complexity index is 1260. The van der Waals surface area contributed by atoms with Gasteiger partial charge in [0, 0.05) is 35.4 Å². The van der Waals surface area contributed by atoms with Gasteiger partial charge in [0.15, 0.2) is 5.78 Å². The molecule has 0 bridgehead atoms. The Balaban J connectivity index is 1.78. The largest absolute Gasteiger partial charge is 0.374 e. The van der Waals surface area contributed by atoms with Gasteiger partial charge in [-0.05, 0) is 39.8 Å². The molecule has 0 aromatic heterocycles. The van der Waals surface area contributed by atoms with Gasteiger partial charge >= 0.3 is 0 Å². The highest BCUT2D eigenvalue weighted by molar-refractivity contribution is 6.28. The summed E-state index contributed by atoms with van der Waals surface area (Å²) in [4.78, 5) is 24.4. The molecule has 5 heteroatoms. The molecule has 2 aliphatic rings. The first-order chi connectivity index (χ1) is 14.3. The van der Waals surface area contributed by atoms with Gasteiger partial charge in [0.2, 0.25) is 0 Å². The Morgan fingerprint density at radius 3 is 2.63 bits per heavy atom. The van der Waals surface area contributed by atoms with Crippen LogP contribution in [-0.4, -0.2) is 10.7 Å². The lowest BCUT2D eigenvalue weighted by atomic mass is 9.68. The van der Waals surface area contributed by atoms with Crippen LogP contribution in [0, 0.1) is 15.5 Å². The molecule has 5 rings (SSSR count). The van der Waals surface area contributed by atoms with Crippen LogP contribution in [0.4, 0.5) is 11.4 Å². The minimum atomic E-state index is -0.376. The third-order valence-electron chi connectivity index (χ3n) is 6.15. The number of ketones is 1. The molecule has 1 heterocycles. The predicted octanol–water partition coefficient (Wildman–Crippen LogP) is 6.06. The Morgan fingerprint density at radius 1 is 1.03 bits per heavy atom. The van der Waals surface area contributed by atoms with Crippen molar-refractivity contribution < 1.29 is 9.72 Å². The van der Waals surface area contributed by atoms with Crippen molar-refractivity contribution in [1.82, 2.24) is 0 Å². The summed E-state index contributed by atoms with van der Waals surface area (Å²) in [6.07, 6.45) is 1.26. The van der Waals surface area contributed by atoms with Gasteiger partial charge < -0.3 is 5.32 Å². The number of Topliss-reactive ketones (excluding diaryl/α,β-unsaturated/α-hetero) is 1. The molecule has 1 aliphatic heterocycles. The summed E-state index contributed by atoms with van der Waals surface area (Å²) >= 11 is 0. The van der Waals surface area contributed by atoms with Crippen molar-refractivity contribution in [3.05, 3.63) is 87.5 Å². The molecule has 0 saturated heterocycles. The number of anilines is 1. The Labute approximate surface area is 174 Å². The second kappa shape index (κ2) is 6.52. The quantitative estimate of drug-likeness (QED) is 0.421. The number of nitrogens with one attached hydrogen (secondary N) is 1. The molecular formula is C25H22N2O3. The van der Waals surface area contributed by atoms with E-state index < -0.39 is 0 Å². The van der Waals surface area contributed by atoms with Crippen LogP contribution >= 0.6 is 0 Å². The lowest BCUT2D eigenvalue weighted by Gasteiger charge is -2.40. The van der Waals surface area contributed by atoms with Crippen molar-refractivity contribution in [2.45, 2.75) is 32.7 Å². The van der Waals surface area contributed by atoms with Gasteiger partial charge in [-0.15, -0.1) is 0 Å². The number of hydrogen-bond acceptors (Lipinski definition) is 4. The lowest BCUT2D eigenvalue weighted by molar-refractivity contribution is -0.384. The van der Waals surface area contributed by atoms with E-state index in [-0.39, 0.29) is 27.9 Å². The highest BCUT2D eigenvalue weighted by Gasteiger charge is 2.40. The Kier molecular flexibility index (Phi) is 4.03. The van der Waals surface area contributed by atoms with E-state index in [1.165, 1.54) is 6.07 Å². The number of benzene rings is 3. The number of nitro groups is 1. The standard InChI is InChI=1S/C25H22N2O3/c1-25(2)13-19-23(21(28)14-25)22-18-9-4-3-6-15(18)10-11-20(22)26-24(19)16-7-5-8-17(12-16)27(29)30/h3-12,24,26H,13-14H2,1-2H3. The monoisotopic (exact) mass is 398 g/mol. The van der Waals surface area contributed by atoms with Crippen molar-refractivity contribution in [2.24, 2.45) is 5.41 Å². The summed E-state index contributed by atoms with van der Waals surface area (Å²) in [5, 5.41) is 17.1. The summed E-state index contributed by atoms with van der Waals surface area (Å²) < 4.78 is 0. The first-order valence-corrected chi connectivity index (χ1v) is 10.1. The van der Waals surface area contributed by atoms with Crippen LogP contribution in [0.15, 0.2) is 66.2 Å². The predicted molar refractivity (Wildman–Crippen MR) is 118 cm³/mol. The molecule has 1 aliphatic carbocycles. The molecule has 0 fully saturated rings. The molecular weight excluding hydrogens is 376 g/mol. The summed E-state index contributed by atoms with van der Waals surface area (Å²) in [7, 11) is 0. The summed E-state index contributed by atoms with van der Waals surface area (Å²) in [6, 6.07) is 18.6. The molecule has 0 spiro atoms. The number of carbonyl (C=O) groups is 1. The smallest absolute Gasteiger partial charge is 0.269 e. The molecule has 30 heavy (non-hydrogen) atoms. The molecule has 5 nitrogen and oxygen atoms in total. The van der Waals surface area contributed by atoms with E-state index in [2.05, 4.69) is 37.4 Å². The van der Waals surface area contributed by atoms with E-state index in [0.29, 0.717) is 6.42 Å². The number of carbonyl (C=O) groups excluding carboxylic acids is 1. The van der Waals surface area contributed by atoms with Crippen molar-refractivity contribution in [2.75, 3.05) is 5.32 Å². The zero-order chi connectivity index (χ0) is 21.0. The normalized spacial score (nSPS) is 19.8. The zero-order valence-corrected chi connectivity index (χ0v) is 16.9. The van der Waals surface area contributed by atoms with Crippen LogP contribution in [0.3, 0.4) is 0 Å². The van der Waals surface area contributed by atoms with Gasteiger partial charge in [-0.1, -0.05) is 56.3 Å². The van der Waals surface area contributed by atoms with E-state index >= 15 is 0 Å². The first-order valence-electron chi connectivity index (χ1n) is 10.1. The lowest BCUT2D eigenvalue weighted by Crippen LogP contribution is -2.32. The van der Waals surface area contributed by atoms with Crippen molar-refractivity contribution in [3.63, 3.8) is 0 Å². The zero-order valence-electron chi connectivity index (χ0n) is 16.9. The maximum absolute atomic E-state index is 13.4. The van der Waals surface area contributed by atoms with Gasteiger partial charge in [-0.25, -0.2) is 0 Å². The molecule has 1 atom stereocenters. The van der Waals surface area contributed by atoms with Crippen molar-refractivity contribution >= 4 is 33.5 Å². The number of fused-ring (bicyclic) bond motifs is 4. The van der Waals surface area contributed by atoms with Crippen LogP contribution in [0.1, 0.15) is 43.9 Å². The molecule has 3 aromatic carbocycles. The van der Waals surface area contributed by atoms with Crippen molar-refractivity contribution in [3.8, 4) is 0 Å². The highest BCUT2D eigenvalue weighted by Crippen LogP contribution is 2.51. The van der Waals surface area contributed by atoms with Gasteiger partial charge in [0.05, 0.1) is 11.0 Å². The van der Waals surface area contributed by atoms with Crippen LogP contribution in [0.2, 0.25) is 0 Å². The number of allylic oxidation sites excluding steroid dienone is 1. The van der Waals surface area contributed by atoms with Crippen LogP contribution in [0.5, 0.6) is 0 Å². The first kappa shape index (κ1) is 18.6. The van der Waals surface area contributed by atoms with Gasteiger partial charge in [0.1, 0.15) is 0 Å². The average Bonchev–Trinajstić information content (AvgIpc) is 2.72. The van der Waals surface area contributed by atoms with Crippen LogP contribution in [-0.2, 0) is 4.79 Å². The highest BCUT2D eigenvalue weighted by atomic mass is 16.6. The molecule has 1 unspecified atom stereocenters. The second-order valence-corrected chi connectivity index (χ2v) is 8.98. The maximum atomic E-state index is 13.4. The van der Waals surface area contributed by atoms with Crippen molar-refractivity contribution in [1.29, 1.82) is 0 Å². The van der Waals surface area contributed by atoms with Gasteiger partial charge in [0.25, 0.3) is 5.69 Å². The summed E-state index contributed by atoms with van der Waals surface area (Å²) in [5.41, 5.74) is 4.39. The minimum absolute atomic E-state index is 0.0576. The van der Waals surface area contributed by atoms with E-state index in [9.17, 15) is 14.9 Å². The number of nitrogens with zero attached hydrogens (tertiary/aromatic N) is 1. The van der Waals surface area contributed by atoms with Gasteiger partial charge in [-0.2, -0.15) is 0 Å².